The number of benzene rings is 1. The standard InChI is InChI=1S/C18H20N8O/c1-25-10-11(9-20-25)15-23-16-12-5-2-3-6-13(12)21-18(26(16)24-15)22-14-7-4-8-19-17(14)27/h2-3,5-6,10,14,20H,4,7-9H2,1H3,(H,19,27)(H,21,22). The maximum atomic E-state index is 12.2. The lowest BCUT2D eigenvalue weighted by atomic mass is 10.1. The fourth-order valence-corrected chi connectivity index (χ4v) is 3.52. The average molecular weight is 364 g/mol. The lowest BCUT2D eigenvalue weighted by molar-refractivity contribution is -0.123. The van der Waals surface area contributed by atoms with Gasteiger partial charge in [0, 0.05) is 37.3 Å². The molecular weight excluding hydrogens is 344 g/mol. The Morgan fingerprint density at radius 2 is 2.15 bits per heavy atom. The van der Waals surface area contributed by atoms with Crippen LogP contribution in [-0.2, 0) is 4.79 Å². The second kappa shape index (κ2) is 6.20. The Morgan fingerprint density at radius 3 is 2.96 bits per heavy atom. The molecule has 1 unspecified atom stereocenters. The van der Waals surface area contributed by atoms with Crippen LogP contribution in [0.25, 0.3) is 22.1 Å². The molecule has 5 rings (SSSR count). The highest BCUT2D eigenvalue weighted by molar-refractivity contribution is 5.93. The number of nitrogens with one attached hydrogen (secondary N) is 3. The zero-order chi connectivity index (χ0) is 18.4. The number of piperidine rings is 1. The number of aromatic nitrogens is 4. The summed E-state index contributed by atoms with van der Waals surface area (Å²) in [6, 6.07) is 7.52. The Bertz CT molecular complexity index is 1070. The number of fused-ring (bicyclic) bond motifs is 3. The van der Waals surface area contributed by atoms with Crippen LogP contribution in [0, 0.1) is 0 Å². The molecule has 1 atom stereocenters. The van der Waals surface area contributed by atoms with Crippen molar-refractivity contribution in [2.24, 2.45) is 0 Å². The zero-order valence-corrected chi connectivity index (χ0v) is 14.9. The first kappa shape index (κ1) is 16.0. The van der Waals surface area contributed by atoms with Crippen LogP contribution in [0.5, 0.6) is 0 Å². The van der Waals surface area contributed by atoms with E-state index >= 15 is 0 Å². The summed E-state index contributed by atoms with van der Waals surface area (Å²) in [6.07, 6.45) is 3.68. The molecule has 1 fully saturated rings. The first-order chi connectivity index (χ1) is 13.2. The van der Waals surface area contributed by atoms with E-state index in [9.17, 15) is 4.79 Å². The fraction of sp³-hybridized carbons (Fsp3) is 0.333. The Balaban J connectivity index is 1.65. The van der Waals surface area contributed by atoms with Gasteiger partial charge in [-0.2, -0.15) is 4.52 Å². The van der Waals surface area contributed by atoms with Crippen molar-refractivity contribution in [1.82, 2.24) is 35.3 Å². The third-order valence-corrected chi connectivity index (χ3v) is 4.92. The Labute approximate surface area is 155 Å². The highest BCUT2D eigenvalue weighted by Gasteiger charge is 2.25. The molecule has 0 aliphatic carbocycles. The van der Waals surface area contributed by atoms with Gasteiger partial charge in [0.1, 0.15) is 6.04 Å². The fourth-order valence-electron chi connectivity index (χ4n) is 3.52. The number of anilines is 1. The Kier molecular flexibility index (Phi) is 3.68. The van der Waals surface area contributed by atoms with Gasteiger partial charge < -0.3 is 15.6 Å². The lowest BCUT2D eigenvalue weighted by Crippen LogP contribution is -2.44. The van der Waals surface area contributed by atoms with Gasteiger partial charge in [-0.25, -0.2) is 15.4 Å². The van der Waals surface area contributed by atoms with Gasteiger partial charge in [0.15, 0.2) is 11.5 Å². The van der Waals surface area contributed by atoms with Crippen LogP contribution in [0.3, 0.4) is 0 Å². The molecule has 0 saturated carbocycles. The molecule has 2 aliphatic heterocycles. The van der Waals surface area contributed by atoms with E-state index in [0.29, 0.717) is 18.3 Å². The molecule has 1 amide bonds. The summed E-state index contributed by atoms with van der Waals surface area (Å²) in [5.74, 6) is 1.18. The monoisotopic (exact) mass is 364 g/mol. The van der Waals surface area contributed by atoms with E-state index < -0.39 is 0 Å². The summed E-state index contributed by atoms with van der Waals surface area (Å²) in [6.45, 7) is 1.40. The number of hydrazine groups is 1. The zero-order valence-electron chi connectivity index (χ0n) is 14.9. The molecule has 1 aromatic carbocycles. The molecule has 2 aromatic heterocycles. The third-order valence-electron chi connectivity index (χ3n) is 4.92. The molecule has 3 N–H and O–H groups in total. The van der Waals surface area contributed by atoms with Crippen LogP contribution in [0.1, 0.15) is 18.7 Å². The largest absolute Gasteiger partial charge is 0.354 e. The van der Waals surface area contributed by atoms with Crippen LogP contribution in [0.2, 0.25) is 0 Å². The number of carbonyl (C=O) groups is 1. The van der Waals surface area contributed by atoms with E-state index in [1.165, 1.54) is 0 Å². The molecule has 0 radical (unpaired) electrons. The highest BCUT2D eigenvalue weighted by atomic mass is 16.2. The number of nitrogens with zero attached hydrogens (tertiary/aromatic N) is 5. The normalized spacial score (nSPS) is 20.2. The van der Waals surface area contributed by atoms with E-state index in [0.717, 1.165) is 41.5 Å². The summed E-state index contributed by atoms with van der Waals surface area (Å²) in [5, 5.41) is 13.7. The smallest absolute Gasteiger partial charge is 0.242 e. The van der Waals surface area contributed by atoms with Crippen molar-refractivity contribution >= 4 is 34.0 Å². The van der Waals surface area contributed by atoms with Crippen LogP contribution in [0.4, 0.5) is 5.95 Å². The third kappa shape index (κ3) is 2.76. The first-order valence-electron chi connectivity index (χ1n) is 9.06. The number of hydrogen-bond acceptors (Lipinski definition) is 7. The average Bonchev–Trinajstić information content (AvgIpc) is 3.30. The summed E-state index contributed by atoms with van der Waals surface area (Å²) in [5.41, 5.74) is 5.75. The van der Waals surface area contributed by atoms with E-state index in [1.54, 1.807) is 4.52 Å². The minimum absolute atomic E-state index is 0.00553. The van der Waals surface area contributed by atoms with Crippen molar-refractivity contribution in [2.75, 3.05) is 25.5 Å². The van der Waals surface area contributed by atoms with Crippen molar-refractivity contribution in [3.8, 4) is 0 Å². The predicted molar refractivity (Wildman–Crippen MR) is 102 cm³/mol. The van der Waals surface area contributed by atoms with Crippen LogP contribution >= 0.6 is 0 Å². The van der Waals surface area contributed by atoms with E-state index in [-0.39, 0.29) is 11.9 Å². The molecule has 4 heterocycles. The lowest BCUT2D eigenvalue weighted by Gasteiger charge is -2.23. The van der Waals surface area contributed by atoms with Gasteiger partial charge in [0.25, 0.3) is 0 Å². The molecule has 9 nitrogen and oxygen atoms in total. The molecule has 3 aromatic rings. The van der Waals surface area contributed by atoms with Gasteiger partial charge >= 0.3 is 0 Å². The molecule has 0 bridgehead atoms. The molecule has 9 heteroatoms. The van der Waals surface area contributed by atoms with Crippen molar-refractivity contribution in [1.29, 1.82) is 0 Å². The number of hydrogen-bond donors (Lipinski definition) is 3. The Morgan fingerprint density at radius 1 is 1.26 bits per heavy atom. The number of rotatable bonds is 3. The molecule has 1 saturated heterocycles. The summed E-state index contributed by atoms with van der Waals surface area (Å²) < 4.78 is 1.71. The van der Waals surface area contributed by atoms with Crippen molar-refractivity contribution < 1.29 is 4.79 Å². The SMILES string of the molecule is CN1C=C(c2nc3c4ccccc4nc(NC4CCCNC4=O)n3n2)CN1. The van der Waals surface area contributed by atoms with E-state index in [4.69, 9.17) is 9.97 Å². The van der Waals surface area contributed by atoms with Crippen molar-refractivity contribution in [3.63, 3.8) is 0 Å². The van der Waals surface area contributed by atoms with Gasteiger partial charge in [-0.3, -0.25) is 4.79 Å². The van der Waals surface area contributed by atoms with Crippen LogP contribution < -0.4 is 16.1 Å². The van der Waals surface area contributed by atoms with Crippen LogP contribution in [-0.4, -0.2) is 56.7 Å². The summed E-state index contributed by atoms with van der Waals surface area (Å²) in [4.78, 5) is 21.7. The molecule has 2 aliphatic rings. The minimum atomic E-state index is -0.318. The highest BCUT2D eigenvalue weighted by Crippen LogP contribution is 2.24. The second-order valence-electron chi connectivity index (χ2n) is 6.85. The van der Waals surface area contributed by atoms with Gasteiger partial charge in [0.2, 0.25) is 11.9 Å². The number of carbonyl (C=O) groups excluding carboxylic acids is 1. The van der Waals surface area contributed by atoms with Gasteiger partial charge in [-0.15, -0.1) is 5.10 Å². The molecular formula is C18H20N8O. The first-order valence-corrected chi connectivity index (χ1v) is 9.06. The van der Waals surface area contributed by atoms with E-state index in [1.807, 2.05) is 42.5 Å². The quantitative estimate of drug-likeness (QED) is 0.631. The Hall–Kier alpha value is -3.20. The topological polar surface area (TPSA) is 99.5 Å². The summed E-state index contributed by atoms with van der Waals surface area (Å²) >= 11 is 0. The minimum Gasteiger partial charge on any atom is -0.354 e. The maximum absolute atomic E-state index is 12.2. The number of amides is 1. The second-order valence-corrected chi connectivity index (χ2v) is 6.85. The molecule has 138 valence electrons. The van der Waals surface area contributed by atoms with Gasteiger partial charge in [-0.05, 0) is 25.0 Å². The summed E-state index contributed by atoms with van der Waals surface area (Å²) in [7, 11) is 1.94. The van der Waals surface area contributed by atoms with Crippen LogP contribution in [0.15, 0.2) is 30.5 Å². The predicted octanol–water partition coefficient (Wildman–Crippen LogP) is 0.759. The van der Waals surface area contributed by atoms with Crippen molar-refractivity contribution in [2.45, 2.75) is 18.9 Å². The number of para-hydroxylation sites is 1. The van der Waals surface area contributed by atoms with Gasteiger partial charge in [-0.1, -0.05) is 12.1 Å². The maximum Gasteiger partial charge on any atom is 0.242 e. The van der Waals surface area contributed by atoms with Crippen molar-refractivity contribution in [3.05, 3.63) is 36.3 Å². The molecule has 0 spiro atoms. The molecule has 27 heavy (non-hydrogen) atoms. The van der Waals surface area contributed by atoms with Gasteiger partial charge in [0.05, 0.1) is 5.52 Å². The van der Waals surface area contributed by atoms with E-state index in [2.05, 4.69) is 21.2 Å².